The van der Waals surface area contributed by atoms with Crippen molar-refractivity contribution in [3.8, 4) is 11.5 Å². The third-order valence-corrected chi connectivity index (χ3v) is 5.41. The van der Waals surface area contributed by atoms with Crippen LogP contribution in [0.2, 0.25) is 0 Å². The molecule has 3 rings (SSSR count). The van der Waals surface area contributed by atoms with E-state index in [4.69, 9.17) is 4.74 Å². The monoisotopic (exact) mass is 486 g/mol. The first kappa shape index (κ1) is 25.7. The Morgan fingerprint density at radius 3 is 2.34 bits per heavy atom. The molecule has 0 aliphatic heterocycles. The molecule has 1 heterocycles. The van der Waals surface area contributed by atoms with Gasteiger partial charge in [0.05, 0.1) is 25.7 Å². The van der Waals surface area contributed by atoms with E-state index in [0.29, 0.717) is 5.75 Å². The number of nitrogens with zero attached hydrogens (tertiary/aromatic N) is 3. The van der Waals surface area contributed by atoms with Crippen LogP contribution in [0.1, 0.15) is 29.3 Å². The van der Waals surface area contributed by atoms with E-state index in [1.165, 1.54) is 24.7 Å². The number of phenols is 1. The second-order valence-electron chi connectivity index (χ2n) is 8.04. The number of aryl methyl sites for hydroxylation is 2. The van der Waals surface area contributed by atoms with E-state index in [1.807, 2.05) is 0 Å². The number of carbonyl (C=O) groups excluding carboxylic acids is 2. The fourth-order valence-electron chi connectivity index (χ4n) is 3.60. The average molecular weight is 487 g/mol. The largest absolute Gasteiger partial charge is 0.508 e. The van der Waals surface area contributed by atoms with Crippen molar-refractivity contribution in [1.29, 1.82) is 0 Å². The molecular weight excluding hydrogens is 458 g/mol. The second kappa shape index (κ2) is 12.0. The van der Waals surface area contributed by atoms with Crippen LogP contribution in [0.4, 0.5) is 8.78 Å². The van der Waals surface area contributed by atoms with Gasteiger partial charge in [0.15, 0.2) is 6.04 Å². The molecule has 1 unspecified atom stereocenters. The molecule has 1 atom stereocenters. The summed E-state index contributed by atoms with van der Waals surface area (Å²) < 4.78 is 33.8. The highest BCUT2D eigenvalue weighted by molar-refractivity contribution is 5.88. The van der Waals surface area contributed by atoms with Gasteiger partial charge >= 0.3 is 0 Å². The number of alkyl halides is 2. The number of hydrogen-bond acceptors (Lipinski definition) is 5. The Hall–Kier alpha value is -3.95. The molecule has 35 heavy (non-hydrogen) atoms. The molecule has 0 radical (unpaired) electrons. The van der Waals surface area contributed by atoms with Gasteiger partial charge in [0.2, 0.25) is 11.8 Å². The van der Waals surface area contributed by atoms with Crippen LogP contribution < -0.4 is 10.1 Å². The predicted octanol–water partition coefficient (Wildman–Crippen LogP) is 3.22. The van der Waals surface area contributed by atoms with Crippen molar-refractivity contribution in [3.05, 3.63) is 77.9 Å². The molecule has 0 saturated heterocycles. The lowest BCUT2D eigenvalue weighted by atomic mass is 10.1. The number of methoxy groups -OCH3 is 1. The van der Waals surface area contributed by atoms with Crippen molar-refractivity contribution in [2.24, 2.45) is 7.05 Å². The zero-order chi connectivity index (χ0) is 25.4. The number of aromatic hydroxyl groups is 1. The van der Waals surface area contributed by atoms with E-state index in [9.17, 15) is 23.5 Å². The Morgan fingerprint density at radius 1 is 1.11 bits per heavy atom. The van der Waals surface area contributed by atoms with Crippen LogP contribution in [0, 0.1) is 0 Å². The third kappa shape index (κ3) is 7.26. The van der Waals surface area contributed by atoms with Crippen LogP contribution in [0.5, 0.6) is 11.5 Å². The van der Waals surface area contributed by atoms with Crippen LogP contribution in [0.15, 0.2) is 61.1 Å². The lowest BCUT2D eigenvalue weighted by molar-refractivity contribution is -0.143. The maximum atomic E-state index is 13.5. The molecule has 2 aromatic carbocycles. The molecule has 186 valence electrons. The highest BCUT2D eigenvalue weighted by Gasteiger charge is 2.34. The fraction of sp³-hybridized carbons (Fsp3) is 0.320. The summed E-state index contributed by atoms with van der Waals surface area (Å²) in [6.45, 7) is -0.776. The van der Waals surface area contributed by atoms with Crippen LogP contribution in [0.25, 0.3) is 0 Å². The fourth-order valence-corrected chi connectivity index (χ4v) is 3.60. The molecule has 2 amide bonds. The molecule has 2 N–H and O–H groups in total. The van der Waals surface area contributed by atoms with Gasteiger partial charge in [-0.15, -0.1) is 0 Å². The zero-order valence-electron chi connectivity index (χ0n) is 19.5. The van der Waals surface area contributed by atoms with Crippen LogP contribution >= 0.6 is 0 Å². The number of amides is 2. The minimum atomic E-state index is -2.84. The summed E-state index contributed by atoms with van der Waals surface area (Å²) in [5.41, 5.74) is 1.72. The number of nitrogens with one attached hydrogen (secondary N) is 1. The van der Waals surface area contributed by atoms with Crippen LogP contribution in [-0.2, 0) is 29.6 Å². The Kier molecular flexibility index (Phi) is 8.77. The third-order valence-electron chi connectivity index (χ3n) is 5.41. The normalized spacial score (nSPS) is 11.8. The summed E-state index contributed by atoms with van der Waals surface area (Å²) in [6, 6.07) is 12.0. The van der Waals surface area contributed by atoms with Gasteiger partial charge in [0, 0.05) is 26.2 Å². The first-order valence-corrected chi connectivity index (χ1v) is 11.0. The molecule has 0 bridgehead atoms. The highest BCUT2D eigenvalue weighted by Crippen LogP contribution is 2.23. The van der Waals surface area contributed by atoms with Gasteiger partial charge in [-0.05, 0) is 41.8 Å². The average Bonchev–Trinajstić information content (AvgIpc) is 3.27. The molecular formula is C25H28F2N4O4. The zero-order valence-corrected chi connectivity index (χ0v) is 19.5. The lowest BCUT2D eigenvalue weighted by Crippen LogP contribution is -2.45. The number of aromatic nitrogens is 2. The summed E-state index contributed by atoms with van der Waals surface area (Å²) in [5.74, 6) is -0.469. The molecule has 10 heteroatoms. The number of benzene rings is 2. The highest BCUT2D eigenvalue weighted by atomic mass is 19.3. The molecule has 3 aromatic rings. The number of carbonyl (C=O) groups is 2. The quantitative estimate of drug-likeness (QED) is 0.434. The van der Waals surface area contributed by atoms with Gasteiger partial charge in [-0.2, -0.15) is 0 Å². The molecule has 0 saturated carbocycles. The smallest absolute Gasteiger partial charge is 0.255 e. The first-order valence-electron chi connectivity index (χ1n) is 11.0. The second-order valence-corrected chi connectivity index (χ2v) is 8.04. The maximum Gasteiger partial charge on any atom is 0.255 e. The SMILES string of the molecule is COc1ccc(CNC(=O)C(c2cn(C)cn2)N(CC(F)F)C(=O)CCc2ccc(O)cc2)cc1. The molecule has 0 fully saturated rings. The van der Waals surface area contributed by atoms with Crippen molar-refractivity contribution < 1.29 is 28.2 Å². The Balaban J connectivity index is 1.80. The van der Waals surface area contributed by atoms with E-state index in [2.05, 4.69) is 10.3 Å². The number of halogens is 2. The van der Waals surface area contributed by atoms with Crippen molar-refractivity contribution in [1.82, 2.24) is 19.8 Å². The van der Waals surface area contributed by atoms with Crippen molar-refractivity contribution in [3.63, 3.8) is 0 Å². The van der Waals surface area contributed by atoms with Gasteiger partial charge < -0.3 is 24.6 Å². The lowest BCUT2D eigenvalue weighted by Gasteiger charge is -2.30. The molecule has 1 aromatic heterocycles. The number of rotatable bonds is 11. The number of phenolic OH excluding ortho intramolecular Hbond substituents is 1. The van der Waals surface area contributed by atoms with E-state index < -0.39 is 30.8 Å². The summed E-state index contributed by atoms with van der Waals surface area (Å²) >= 11 is 0. The Labute approximate surface area is 202 Å². The Bertz CT molecular complexity index is 1120. The van der Waals surface area contributed by atoms with Gasteiger partial charge in [0.1, 0.15) is 11.5 Å². The molecule has 0 aliphatic carbocycles. The topological polar surface area (TPSA) is 96.7 Å². The van der Waals surface area contributed by atoms with Crippen molar-refractivity contribution in [2.45, 2.75) is 31.9 Å². The van der Waals surface area contributed by atoms with E-state index in [-0.39, 0.29) is 30.8 Å². The summed E-state index contributed by atoms with van der Waals surface area (Å²) in [5, 5.41) is 12.2. The van der Waals surface area contributed by atoms with Crippen LogP contribution in [0.3, 0.4) is 0 Å². The Morgan fingerprint density at radius 2 is 1.77 bits per heavy atom. The molecule has 0 aliphatic rings. The standard InChI is InChI=1S/C25H28F2N4O4/c1-30-14-21(29-16-30)24(25(34)28-13-18-5-10-20(35-2)11-6-18)31(15-22(26)27)23(33)12-7-17-3-8-19(32)9-4-17/h3-6,8-11,14,16,22,24,32H,7,12-13,15H2,1-2H3,(H,28,34). The van der Waals surface area contributed by atoms with E-state index in [1.54, 1.807) is 55.1 Å². The van der Waals surface area contributed by atoms with Crippen LogP contribution in [-0.4, -0.2) is 51.5 Å². The molecule has 0 spiro atoms. The van der Waals surface area contributed by atoms with E-state index >= 15 is 0 Å². The number of ether oxygens (including phenoxy) is 1. The van der Waals surface area contributed by atoms with Gasteiger partial charge in [-0.25, -0.2) is 13.8 Å². The summed E-state index contributed by atoms with van der Waals surface area (Å²) in [7, 11) is 3.23. The first-order chi connectivity index (χ1) is 16.8. The van der Waals surface area contributed by atoms with E-state index in [0.717, 1.165) is 16.0 Å². The minimum absolute atomic E-state index is 0.0863. The number of hydrogen-bond donors (Lipinski definition) is 2. The van der Waals surface area contributed by atoms with Gasteiger partial charge in [-0.3, -0.25) is 9.59 Å². The number of imidazole rings is 1. The summed E-state index contributed by atoms with van der Waals surface area (Å²) in [4.78, 5) is 31.4. The van der Waals surface area contributed by atoms with Gasteiger partial charge in [-0.1, -0.05) is 24.3 Å². The minimum Gasteiger partial charge on any atom is -0.508 e. The maximum absolute atomic E-state index is 13.5. The van der Waals surface area contributed by atoms with Crippen molar-refractivity contribution in [2.75, 3.05) is 13.7 Å². The molecule has 8 nitrogen and oxygen atoms in total. The van der Waals surface area contributed by atoms with Crippen molar-refractivity contribution >= 4 is 11.8 Å². The van der Waals surface area contributed by atoms with Gasteiger partial charge in [0.25, 0.3) is 6.43 Å². The predicted molar refractivity (Wildman–Crippen MR) is 125 cm³/mol. The summed E-state index contributed by atoms with van der Waals surface area (Å²) in [6.07, 6.45) is 0.311.